The normalized spacial score (nSPS) is 14.0. The highest BCUT2D eigenvalue weighted by molar-refractivity contribution is 5.23. The van der Waals surface area contributed by atoms with Gasteiger partial charge in [-0.2, -0.15) is 13.2 Å². The Morgan fingerprint density at radius 2 is 1.53 bits per heavy atom. The maximum atomic E-state index is 12.7. The molecule has 0 aliphatic rings. The molecule has 0 aliphatic carbocycles. The van der Waals surface area contributed by atoms with Gasteiger partial charge in [-0.1, -0.05) is 0 Å². The number of alkyl halides is 3. The fraction of sp³-hybridized carbons (Fsp3) is 0.333. The van der Waals surface area contributed by atoms with Crippen molar-refractivity contribution in [2.24, 2.45) is 5.73 Å². The molecule has 84 valence electrons. The van der Waals surface area contributed by atoms with Gasteiger partial charge in [0.05, 0.1) is 5.92 Å². The van der Waals surface area contributed by atoms with Crippen LogP contribution in [0.15, 0.2) is 18.2 Å². The Labute approximate surface area is 82.7 Å². The van der Waals surface area contributed by atoms with E-state index in [4.69, 9.17) is 5.73 Å². The van der Waals surface area contributed by atoms with Crippen molar-refractivity contribution >= 4 is 0 Å². The summed E-state index contributed by atoms with van der Waals surface area (Å²) >= 11 is 0. The highest BCUT2D eigenvalue weighted by atomic mass is 19.4. The third kappa shape index (κ3) is 2.89. The van der Waals surface area contributed by atoms with Crippen LogP contribution < -0.4 is 5.73 Å². The quantitative estimate of drug-likeness (QED) is 0.769. The number of hydrogen-bond donors (Lipinski definition) is 1. The zero-order valence-electron chi connectivity index (χ0n) is 7.48. The van der Waals surface area contributed by atoms with Gasteiger partial charge in [0.15, 0.2) is 0 Å². The lowest BCUT2D eigenvalue weighted by Crippen LogP contribution is -2.28. The molecule has 1 rings (SSSR count). The highest BCUT2D eigenvalue weighted by Crippen LogP contribution is 2.34. The maximum absolute atomic E-state index is 12.7. The topological polar surface area (TPSA) is 26.0 Å². The van der Waals surface area contributed by atoms with Crippen LogP contribution in [0.5, 0.6) is 0 Å². The average Bonchev–Trinajstić information content (AvgIpc) is 1.99. The molecule has 0 amide bonds. The van der Waals surface area contributed by atoms with E-state index >= 15 is 0 Å². The van der Waals surface area contributed by atoms with E-state index in [1.54, 1.807) is 0 Å². The first-order chi connectivity index (χ1) is 6.84. The van der Waals surface area contributed by atoms with Crippen LogP contribution in [0.4, 0.5) is 22.0 Å². The summed E-state index contributed by atoms with van der Waals surface area (Å²) in [5.41, 5.74) is 4.43. The Kier molecular flexibility index (Phi) is 3.28. The van der Waals surface area contributed by atoms with Gasteiger partial charge >= 0.3 is 6.18 Å². The average molecular weight is 225 g/mol. The van der Waals surface area contributed by atoms with Crippen LogP contribution in [0.1, 0.15) is 11.5 Å². The van der Waals surface area contributed by atoms with Gasteiger partial charge in [-0.05, 0) is 17.7 Å². The molecule has 1 aromatic rings. The Bertz CT molecular complexity index is 327. The van der Waals surface area contributed by atoms with Crippen LogP contribution in [0.3, 0.4) is 0 Å². The highest BCUT2D eigenvalue weighted by Gasteiger charge is 2.39. The molecule has 2 N–H and O–H groups in total. The minimum absolute atomic E-state index is 0.498. The third-order valence-electron chi connectivity index (χ3n) is 1.92. The van der Waals surface area contributed by atoms with Crippen LogP contribution in [0.25, 0.3) is 0 Å². The standard InChI is InChI=1S/C9H8F5N/c10-6-1-5(2-7(11)3-6)8(4-15)9(12,13)14/h1-3,8H,4,15H2. The largest absolute Gasteiger partial charge is 0.396 e. The molecule has 1 unspecified atom stereocenters. The van der Waals surface area contributed by atoms with Crippen LogP contribution in [0.2, 0.25) is 0 Å². The molecule has 1 aromatic carbocycles. The van der Waals surface area contributed by atoms with E-state index in [1.165, 1.54) is 0 Å². The van der Waals surface area contributed by atoms with E-state index in [2.05, 4.69) is 0 Å². The third-order valence-corrected chi connectivity index (χ3v) is 1.92. The summed E-state index contributed by atoms with van der Waals surface area (Å²) in [6, 6.07) is 1.77. The second kappa shape index (κ2) is 4.14. The van der Waals surface area contributed by atoms with E-state index in [-0.39, 0.29) is 0 Å². The van der Waals surface area contributed by atoms with Gasteiger partial charge in [-0.25, -0.2) is 8.78 Å². The minimum atomic E-state index is -4.60. The molecular formula is C9H8F5N. The van der Waals surface area contributed by atoms with Crippen molar-refractivity contribution in [1.82, 2.24) is 0 Å². The van der Waals surface area contributed by atoms with Crippen molar-refractivity contribution in [2.45, 2.75) is 12.1 Å². The Balaban J connectivity index is 3.13. The van der Waals surface area contributed by atoms with Gasteiger partial charge < -0.3 is 5.73 Å². The lowest BCUT2D eigenvalue weighted by molar-refractivity contribution is -0.148. The second-order valence-corrected chi connectivity index (χ2v) is 3.03. The van der Waals surface area contributed by atoms with Crippen LogP contribution in [-0.4, -0.2) is 12.7 Å². The number of hydrogen-bond acceptors (Lipinski definition) is 1. The zero-order valence-corrected chi connectivity index (χ0v) is 7.48. The van der Waals surface area contributed by atoms with Gasteiger partial charge in [0.2, 0.25) is 0 Å². The Morgan fingerprint density at radius 1 is 1.07 bits per heavy atom. The van der Waals surface area contributed by atoms with Gasteiger partial charge in [-0.3, -0.25) is 0 Å². The molecule has 1 nitrogen and oxygen atoms in total. The van der Waals surface area contributed by atoms with E-state index < -0.39 is 35.8 Å². The summed E-state index contributed by atoms with van der Waals surface area (Å²) in [7, 11) is 0. The van der Waals surface area contributed by atoms with Crippen molar-refractivity contribution in [3.8, 4) is 0 Å². The first-order valence-electron chi connectivity index (χ1n) is 4.07. The summed E-state index contributed by atoms with van der Waals surface area (Å²) < 4.78 is 62.4. The van der Waals surface area contributed by atoms with Crippen LogP contribution in [-0.2, 0) is 0 Å². The van der Waals surface area contributed by atoms with Crippen molar-refractivity contribution < 1.29 is 22.0 Å². The van der Waals surface area contributed by atoms with Crippen molar-refractivity contribution in [3.05, 3.63) is 35.4 Å². The maximum Gasteiger partial charge on any atom is 0.396 e. The van der Waals surface area contributed by atoms with Gasteiger partial charge in [-0.15, -0.1) is 0 Å². The monoisotopic (exact) mass is 225 g/mol. The van der Waals surface area contributed by atoms with Crippen LogP contribution in [0, 0.1) is 11.6 Å². The first kappa shape index (κ1) is 11.9. The Hall–Kier alpha value is -1.17. The molecule has 0 aliphatic heterocycles. The number of nitrogens with two attached hydrogens (primary N) is 1. The minimum Gasteiger partial charge on any atom is -0.330 e. The zero-order chi connectivity index (χ0) is 11.6. The molecule has 0 radical (unpaired) electrons. The first-order valence-corrected chi connectivity index (χ1v) is 4.07. The SMILES string of the molecule is NCC(c1cc(F)cc(F)c1)C(F)(F)F. The Morgan fingerprint density at radius 3 is 1.87 bits per heavy atom. The van der Waals surface area contributed by atoms with Crippen molar-refractivity contribution in [1.29, 1.82) is 0 Å². The second-order valence-electron chi connectivity index (χ2n) is 3.03. The van der Waals surface area contributed by atoms with Crippen LogP contribution >= 0.6 is 0 Å². The predicted octanol–water partition coefficient (Wildman–Crippen LogP) is 2.57. The molecule has 0 saturated heterocycles. The molecule has 0 bridgehead atoms. The van der Waals surface area contributed by atoms with Gasteiger partial charge in [0, 0.05) is 12.6 Å². The summed E-state index contributed by atoms with van der Waals surface area (Å²) in [5, 5.41) is 0. The molecule has 0 fully saturated rings. The molecule has 15 heavy (non-hydrogen) atoms. The van der Waals surface area contributed by atoms with Gasteiger partial charge in [0.1, 0.15) is 11.6 Å². The molecular weight excluding hydrogens is 217 g/mol. The summed E-state index contributed by atoms with van der Waals surface area (Å²) in [5.74, 6) is -4.14. The smallest absolute Gasteiger partial charge is 0.330 e. The van der Waals surface area contributed by atoms with Crippen molar-refractivity contribution in [2.75, 3.05) is 6.54 Å². The lowest BCUT2D eigenvalue weighted by atomic mass is 9.98. The summed E-state index contributed by atoms with van der Waals surface area (Å²) in [6.07, 6.45) is -4.60. The van der Waals surface area contributed by atoms with E-state index in [0.29, 0.717) is 18.2 Å². The fourth-order valence-electron chi connectivity index (χ4n) is 1.24. The molecule has 0 spiro atoms. The molecule has 0 heterocycles. The fourth-order valence-corrected chi connectivity index (χ4v) is 1.24. The van der Waals surface area contributed by atoms with E-state index in [0.717, 1.165) is 0 Å². The molecule has 0 saturated carbocycles. The number of halogens is 5. The number of benzene rings is 1. The lowest BCUT2D eigenvalue weighted by Gasteiger charge is -2.18. The summed E-state index contributed by atoms with van der Waals surface area (Å²) in [6.45, 7) is -0.744. The molecule has 0 aromatic heterocycles. The molecule has 6 heteroatoms. The van der Waals surface area contributed by atoms with Crippen molar-refractivity contribution in [3.63, 3.8) is 0 Å². The van der Waals surface area contributed by atoms with E-state index in [9.17, 15) is 22.0 Å². The molecule has 1 atom stereocenters. The number of rotatable bonds is 2. The van der Waals surface area contributed by atoms with Gasteiger partial charge in [0.25, 0.3) is 0 Å². The summed E-state index contributed by atoms with van der Waals surface area (Å²) in [4.78, 5) is 0. The predicted molar refractivity (Wildman–Crippen MR) is 44.2 cm³/mol. The van der Waals surface area contributed by atoms with E-state index in [1.807, 2.05) is 0 Å².